The van der Waals surface area contributed by atoms with Crippen LogP contribution in [-0.2, 0) is 5.54 Å². The minimum Gasteiger partial charge on any atom is -0.393 e. The minimum absolute atomic E-state index is 0.272. The van der Waals surface area contributed by atoms with Crippen molar-refractivity contribution < 1.29 is 5.11 Å². The maximum Gasteiger partial charge on any atom is 0.0816 e. The quantitative estimate of drug-likeness (QED) is 0.641. The zero-order valence-corrected chi connectivity index (χ0v) is 7.57. The third-order valence-corrected chi connectivity index (χ3v) is 2.55. The first-order valence-electron chi connectivity index (χ1n) is 4.37. The maximum atomic E-state index is 9.21. The van der Waals surface area contributed by atoms with Crippen LogP contribution >= 0.6 is 0 Å². The Labute approximate surface area is 76.8 Å². The zero-order chi connectivity index (χ0) is 9.47. The second-order valence-corrected chi connectivity index (χ2v) is 3.71. The van der Waals surface area contributed by atoms with Gasteiger partial charge < -0.3 is 10.8 Å². The van der Waals surface area contributed by atoms with Gasteiger partial charge in [-0.05, 0) is 19.8 Å². The van der Waals surface area contributed by atoms with Crippen LogP contribution in [0, 0.1) is 6.92 Å². The molecule has 0 aliphatic heterocycles. The molecule has 4 nitrogen and oxygen atoms in total. The SMILES string of the molecule is Cc1nccnc1C1(N)CC(O)C1. The smallest absolute Gasteiger partial charge is 0.0816 e. The van der Waals surface area contributed by atoms with Crippen LogP contribution in [0.25, 0.3) is 0 Å². The molecule has 0 bridgehead atoms. The van der Waals surface area contributed by atoms with Crippen molar-refractivity contribution in [1.82, 2.24) is 9.97 Å². The average Bonchev–Trinajstić information content (AvgIpc) is 2.02. The number of aryl methyl sites for hydroxylation is 1. The molecule has 1 aliphatic carbocycles. The zero-order valence-electron chi connectivity index (χ0n) is 7.57. The molecule has 0 aromatic carbocycles. The molecule has 1 aromatic rings. The van der Waals surface area contributed by atoms with E-state index >= 15 is 0 Å². The number of hydrogen-bond donors (Lipinski definition) is 2. The van der Waals surface area contributed by atoms with Crippen LogP contribution in [0.15, 0.2) is 12.4 Å². The van der Waals surface area contributed by atoms with Crippen LogP contribution in [0.2, 0.25) is 0 Å². The molecule has 1 fully saturated rings. The highest BCUT2D eigenvalue weighted by molar-refractivity contribution is 5.23. The van der Waals surface area contributed by atoms with Gasteiger partial charge in [-0.3, -0.25) is 9.97 Å². The Hall–Kier alpha value is -1.00. The van der Waals surface area contributed by atoms with E-state index in [0.29, 0.717) is 12.8 Å². The van der Waals surface area contributed by atoms with Gasteiger partial charge in [0.05, 0.1) is 23.0 Å². The molecule has 1 aromatic heterocycles. The fourth-order valence-electron chi connectivity index (χ4n) is 1.87. The summed E-state index contributed by atoms with van der Waals surface area (Å²) in [6.45, 7) is 1.89. The standard InChI is InChI=1S/C9H13N3O/c1-6-8(12-3-2-11-6)9(10)4-7(13)5-9/h2-3,7,13H,4-5,10H2,1H3. The van der Waals surface area contributed by atoms with Gasteiger partial charge in [-0.1, -0.05) is 0 Å². The lowest BCUT2D eigenvalue weighted by atomic mass is 9.72. The van der Waals surface area contributed by atoms with Gasteiger partial charge in [-0.2, -0.15) is 0 Å². The molecule has 1 saturated carbocycles. The third-order valence-electron chi connectivity index (χ3n) is 2.55. The number of aromatic nitrogens is 2. The Bertz CT molecular complexity index is 320. The van der Waals surface area contributed by atoms with E-state index in [1.54, 1.807) is 12.4 Å². The second-order valence-electron chi connectivity index (χ2n) is 3.71. The Morgan fingerprint density at radius 2 is 2.08 bits per heavy atom. The van der Waals surface area contributed by atoms with Crippen molar-refractivity contribution >= 4 is 0 Å². The number of hydrogen-bond acceptors (Lipinski definition) is 4. The molecule has 0 atom stereocenters. The lowest BCUT2D eigenvalue weighted by Crippen LogP contribution is -2.52. The second kappa shape index (κ2) is 2.75. The summed E-state index contributed by atoms with van der Waals surface area (Å²) in [6.07, 6.45) is 4.20. The van der Waals surface area contributed by atoms with E-state index in [1.165, 1.54) is 0 Å². The molecular formula is C9H13N3O. The predicted molar refractivity (Wildman–Crippen MR) is 47.9 cm³/mol. The Balaban J connectivity index is 2.31. The van der Waals surface area contributed by atoms with Crippen molar-refractivity contribution in [2.75, 3.05) is 0 Å². The van der Waals surface area contributed by atoms with Gasteiger partial charge in [0, 0.05) is 12.4 Å². The highest BCUT2D eigenvalue weighted by Crippen LogP contribution is 2.38. The van der Waals surface area contributed by atoms with Crippen molar-refractivity contribution in [2.24, 2.45) is 5.73 Å². The Morgan fingerprint density at radius 1 is 1.46 bits per heavy atom. The number of nitrogens with zero attached hydrogens (tertiary/aromatic N) is 2. The number of aliphatic hydroxyl groups is 1. The molecule has 70 valence electrons. The lowest BCUT2D eigenvalue weighted by Gasteiger charge is -2.41. The summed E-state index contributed by atoms with van der Waals surface area (Å²) in [5, 5.41) is 9.21. The van der Waals surface area contributed by atoms with E-state index in [9.17, 15) is 5.11 Å². The van der Waals surface area contributed by atoms with E-state index in [0.717, 1.165) is 11.4 Å². The van der Waals surface area contributed by atoms with Crippen LogP contribution in [0.3, 0.4) is 0 Å². The Kier molecular flexibility index (Phi) is 1.82. The average molecular weight is 179 g/mol. The molecule has 0 amide bonds. The van der Waals surface area contributed by atoms with Gasteiger partial charge in [0.2, 0.25) is 0 Å². The molecule has 1 heterocycles. The van der Waals surface area contributed by atoms with Crippen LogP contribution in [0.1, 0.15) is 24.2 Å². The molecule has 0 unspecified atom stereocenters. The summed E-state index contributed by atoms with van der Waals surface area (Å²) in [5.41, 5.74) is 7.28. The molecule has 2 rings (SSSR count). The normalized spacial score (nSPS) is 32.7. The number of nitrogens with two attached hydrogens (primary N) is 1. The molecule has 0 spiro atoms. The van der Waals surface area contributed by atoms with Crippen molar-refractivity contribution in [2.45, 2.75) is 31.4 Å². The maximum absolute atomic E-state index is 9.21. The molecular weight excluding hydrogens is 166 g/mol. The minimum atomic E-state index is -0.447. The first-order chi connectivity index (χ1) is 6.12. The fraction of sp³-hybridized carbons (Fsp3) is 0.556. The first-order valence-corrected chi connectivity index (χ1v) is 4.37. The van der Waals surface area contributed by atoms with Crippen molar-refractivity contribution in [3.63, 3.8) is 0 Å². The highest BCUT2D eigenvalue weighted by atomic mass is 16.3. The van der Waals surface area contributed by atoms with Crippen molar-refractivity contribution in [3.05, 3.63) is 23.8 Å². The summed E-state index contributed by atoms with van der Waals surface area (Å²) in [7, 11) is 0. The largest absolute Gasteiger partial charge is 0.393 e. The van der Waals surface area contributed by atoms with Gasteiger partial charge in [0.1, 0.15) is 0 Å². The van der Waals surface area contributed by atoms with Gasteiger partial charge >= 0.3 is 0 Å². The van der Waals surface area contributed by atoms with Crippen LogP contribution < -0.4 is 5.73 Å². The molecule has 4 heteroatoms. The summed E-state index contributed by atoms with van der Waals surface area (Å²) in [6, 6.07) is 0. The summed E-state index contributed by atoms with van der Waals surface area (Å²) < 4.78 is 0. The lowest BCUT2D eigenvalue weighted by molar-refractivity contribution is 0.0183. The van der Waals surface area contributed by atoms with E-state index in [4.69, 9.17) is 5.73 Å². The van der Waals surface area contributed by atoms with Crippen LogP contribution in [-0.4, -0.2) is 21.2 Å². The van der Waals surface area contributed by atoms with E-state index in [2.05, 4.69) is 9.97 Å². The number of rotatable bonds is 1. The van der Waals surface area contributed by atoms with Crippen molar-refractivity contribution in [3.8, 4) is 0 Å². The molecule has 0 radical (unpaired) electrons. The summed E-state index contributed by atoms with van der Waals surface area (Å²) in [4.78, 5) is 8.34. The van der Waals surface area contributed by atoms with Crippen LogP contribution in [0.5, 0.6) is 0 Å². The predicted octanol–water partition coefficient (Wildman–Crippen LogP) is 0.0937. The molecule has 3 N–H and O–H groups in total. The summed E-state index contributed by atoms with van der Waals surface area (Å²) in [5.74, 6) is 0. The van der Waals surface area contributed by atoms with Crippen molar-refractivity contribution in [1.29, 1.82) is 0 Å². The van der Waals surface area contributed by atoms with Gasteiger partial charge in [0.15, 0.2) is 0 Å². The van der Waals surface area contributed by atoms with Crippen LogP contribution in [0.4, 0.5) is 0 Å². The Morgan fingerprint density at radius 3 is 2.62 bits per heavy atom. The topological polar surface area (TPSA) is 72.0 Å². The fourth-order valence-corrected chi connectivity index (χ4v) is 1.87. The third kappa shape index (κ3) is 1.32. The van der Waals surface area contributed by atoms with Gasteiger partial charge in [-0.25, -0.2) is 0 Å². The highest BCUT2D eigenvalue weighted by Gasteiger charge is 2.43. The van der Waals surface area contributed by atoms with Gasteiger partial charge in [-0.15, -0.1) is 0 Å². The van der Waals surface area contributed by atoms with E-state index in [-0.39, 0.29) is 6.10 Å². The van der Waals surface area contributed by atoms with E-state index < -0.39 is 5.54 Å². The van der Waals surface area contributed by atoms with Gasteiger partial charge in [0.25, 0.3) is 0 Å². The molecule has 1 aliphatic rings. The molecule has 0 saturated heterocycles. The first kappa shape index (κ1) is 8.59. The number of aliphatic hydroxyl groups excluding tert-OH is 1. The molecule has 13 heavy (non-hydrogen) atoms. The summed E-state index contributed by atoms with van der Waals surface area (Å²) >= 11 is 0. The monoisotopic (exact) mass is 179 g/mol. The van der Waals surface area contributed by atoms with E-state index in [1.807, 2.05) is 6.92 Å².